The average Bonchev–Trinajstić information content (AvgIpc) is 3.28. The molecule has 26 heavy (non-hydrogen) atoms. The number of thiazole rings is 1. The van der Waals surface area contributed by atoms with Crippen LogP contribution in [0.4, 0.5) is 0 Å². The summed E-state index contributed by atoms with van der Waals surface area (Å²) in [5.74, 6) is -0.171. The summed E-state index contributed by atoms with van der Waals surface area (Å²) >= 11 is 7.76. The largest absolute Gasteiger partial charge is 0.349 e. The number of amides is 1. The SMILES string of the molecule is O=C(NCc1csc(Cc2ccccc2)n1)c1cc2cccc(Cl)c2[nH]1. The van der Waals surface area contributed by atoms with E-state index in [9.17, 15) is 4.79 Å². The van der Waals surface area contributed by atoms with E-state index in [2.05, 4.69) is 27.4 Å². The Balaban J connectivity index is 1.40. The molecule has 0 aliphatic heterocycles. The number of halogens is 1. The highest BCUT2D eigenvalue weighted by Crippen LogP contribution is 2.23. The molecule has 4 aromatic rings. The van der Waals surface area contributed by atoms with Crippen molar-refractivity contribution < 1.29 is 4.79 Å². The number of para-hydroxylation sites is 1. The van der Waals surface area contributed by atoms with E-state index in [4.69, 9.17) is 11.6 Å². The molecule has 0 bridgehead atoms. The van der Waals surface area contributed by atoms with Crippen LogP contribution in [0, 0.1) is 0 Å². The van der Waals surface area contributed by atoms with Crippen molar-refractivity contribution in [1.29, 1.82) is 0 Å². The van der Waals surface area contributed by atoms with Crippen molar-refractivity contribution in [2.45, 2.75) is 13.0 Å². The lowest BCUT2D eigenvalue weighted by atomic mass is 10.2. The van der Waals surface area contributed by atoms with Crippen molar-refractivity contribution in [2.24, 2.45) is 0 Å². The van der Waals surface area contributed by atoms with Gasteiger partial charge in [0.15, 0.2) is 0 Å². The molecule has 2 aromatic carbocycles. The van der Waals surface area contributed by atoms with Crippen molar-refractivity contribution in [3.05, 3.63) is 87.0 Å². The Bertz CT molecular complexity index is 1060. The van der Waals surface area contributed by atoms with Gasteiger partial charge >= 0.3 is 0 Å². The molecule has 0 aliphatic rings. The molecule has 0 atom stereocenters. The molecule has 130 valence electrons. The number of nitrogens with zero attached hydrogens (tertiary/aromatic N) is 1. The second kappa shape index (κ2) is 7.32. The summed E-state index contributed by atoms with van der Waals surface area (Å²) in [5.41, 5.74) is 3.36. The minimum absolute atomic E-state index is 0.171. The van der Waals surface area contributed by atoms with Crippen LogP contribution in [0.25, 0.3) is 10.9 Å². The molecule has 1 amide bonds. The Morgan fingerprint density at radius 1 is 1.15 bits per heavy atom. The highest BCUT2D eigenvalue weighted by molar-refractivity contribution is 7.09. The number of rotatable bonds is 5. The summed E-state index contributed by atoms with van der Waals surface area (Å²) in [5, 5.41) is 7.45. The van der Waals surface area contributed by atoms with E-state index >= 15 is 0 Å². The molecule has 0 aliphatic carbocycles. The highest BCUT2D eigenvalue weighted by Gasteiger charge is 2.11. The molecule has 0 spiro atoms. The third-order valence-corrected chi connectivity index (χ3v) is 5.29. The van der Waals surface area contributed by atoms with Crippen LogP contribution in [0.5, 0.6) is 0 Å². The molecule has 6 heteroatoms. The van der Waals surface area contributed by atoms with Crippen molar-refractivity contribution in [3.63, 3.8) is 0 Å². The van der Waals surface area contributed by atoms with Gasteiger partial charge in [0.2, 0.25) is 0 Å². The summed E-state index contributed by atoms with van der Waals surface area (Å²) in [6.07, 6.45) is 0.806. The van der Waals surface area contributed by atoms with Gasteiger partial charge in [0.05, 0.1) is 27.8 Å². The van der Waals surface area contributed by atoms with Crippen LogP contribution in [0.1, 0.15) is 26.8 Å². The van der Waals surface area contributed by atoms with Gasteiger partial charge in [0.25, 0.3) is 5.91 Å². The zero-order valence-electron chi connectivity index (χ0n) is 13.8. The highest BCUT2D eigenvalue weighted by atomic mass is 35.5. The van der Waals surface area contributed by atoms with Crippen molar-refractivity contribution in [2.75, 3.05) is 0 Å². The summed E-state index contributed by atoms with van der Waals surface area (Å²) in [6.45, 7) is 0.396. The topological polar surface area (TPSA) is 57.8 Å². The van der Waals surface area contributed by atoms with Crippen LogP contribution in [-0.2, 0) is 13.0 Å². The van der Waals surface area contributed by atoms with Crippen LogP contribution in [0.3, 0.4) is 0 Å². The Morgan fingerprint density at radius 2 is 2.00 bits per heavy atom. The van der Waals surface area contributed by atoms with Gasteiger partial charge in [-0.05, 0) is 17.7 Å². The van der Waals surface area contributed by atoms with Gasteiger partial charge < -0.3 is 10.3 Å². The molecule has 4 rings (SSSR count). The Morgan fingerprint density at radius 3 is 2.81 bits per heavy atom. The molecular formula is C20H16ClN3OS. The quantitative estimate of drug-likeness (QED) is 0.521. The monoisotopic (exact) mass is 381 g/mol. The fourth-order valence-electron chi connectivity index (χ4n) is 2.79. The molecule has 0 fully saturated rings. The lowest BCUT2D eigenvalue weighted by Crippen LogP contribution is -2.23. The summed E-state index contributed by atoms with van der Waals surface area (Å²) < 4.78 is 0. The predicted octanol–water partition coefficient (Wildman–Crippen LogP) is 4.80. The van der Waals surface area contributed by atoms with E-state index in [1.165, 1.54) is 5.56 Å². The average molecular weight is 382 g/mol. The van der Waals surface area contributed by atoms with E-state index in [1.807, 2.05) is 35.7 Å². The Labute approximate surface area is 159 Å². The number of fused-ring (bicyclic) bond motifs is 1. The molecular weight excluding hydrogens is 366 g/mol. The van der Waals surface area contributed by atoms with Crippen LogP contribution < -0.4 is 5.32 Å². The van der Waals surface area contributed by atoms with E-state index < -0.39 is 0 Å². The molecule has 0 radical (unpaired) electrons. The van der Waals surface area contributed by atoms with Crippen LogP contribution in [-0.4, -0.2) is 15.9 Å². The van der Waals surface area contributed by atoms with Crippen LogP contribution in [0.15, 0.2) is 60.0 Å². The zero-order chi connectivity index (χ0) is 17.9. The van der Waals surface area contributed by atoms with E-state index in [-0.39, 0.29) is 5.91 Å². The lowest BCUT2D eigenvalue weighted by Gasteiger charge is -2.01. The predicted molar refractivity (Wildman–Crippen MR) is 106 cm³/mol. The standard InChI is InChI=1S/C20H16ClN3OS/c21-16-8-4-7-14-10-17(24-19(14)16)20(25)22-11-15-12-26-18(23-15)9-13-5-2-1-3-6-13/h1-8,10,12,24H,9,11H2,(H,22,25). The number of nitrogens with one attached hydrogen (secondary N) is 2. The lowest BCUT2D eigenvalue weighted by molar-refractivity contribution is 0.0946. The van der Waals surface area contributed by atoms with Gasteiger partial charge in [-0.3, -0.25) is 4.79 Å². The molecule has 0 unspecified atom stereocenters. The number of hydrogen-bond donors (Lipinski definition) is 2. The number of H-pyrrole nitrogens is 1. The molecule has 2 heterocycles. The normalized spacial score (nSPS) is 11.0. The number of carbonyl (C=O) groups is 1. The smallest absolute Gasteiger partial charge is 0.268 e. The molecule has 0 saturated heterocycles. The first kappa shape index (κ1) is 16.8. The molecule has 4 nitrogen and oxygen atoms in total. The first-order valence-electron chi connectivity index (χ1n) is 8.22. The number of carbonyl (C=O) groups excluding carboxylic acids is 1. The summed E-state index contributed by atoms with van der Waals surface area (Å²) in [6, 6.07) is 17.6. The van der Waals surface area contributed by atoms with Crippen molar-refractivity contribution in [1.82, 2.24) is 15.3 Å². The first-order chi connectivity index (χ1) is 12.7. The van der Waals surface area contributed by atoms with Gasteiger partial charge in [-0.2, -0.15) is 0 Å². The van der Waals surface area contributed by atoms with Crippen molar-refractivity contribution in [3.8, 4) is 0 Å². The Hall–Kier alpha value is -2.63. The van der Waals surface area contributed by atoms with Crippen molar-refractivity contribution >= 4 is 39.7 Å². The van der Waals surface area contributed by atoms with E-state index in [0.29, 0.717) is 17.3 Å². The van der Waals surface area contributed by atoms with Gasteiger partial charge in [0, 0.05) is 17.2 Å². The number of hydrogen-bond acceptors (Lipinski definition) is 3. The molecule has 2 N–H and O–H groups in total. The number of benzene rings is 2. The van der Waals surface area contributed by atoms with Gasteiger partial charge in [0.1, 0.15) is 5.69 Å². The molecule has 0 saturated carbocycles. The fraction of sp³-hybridized carbons (Fsp3) is 0.100. The summed E-state index contributed by atoms with van der Waals surface area (Å²) in [4.78, 5) is 20.1. The molecule has 2 aromatic heterocycles. The maximum Gasteiger partial charge on any atom is 0.268 e. The van der Waals surface area contributed by atoms with Gasteiger partial charge in [-0.25, -0.2) is 4.98 Å². The van der Waals surface area contributed by atoms with Crippen LogP contribution >= 0.6 is 22.9 Å². The second-order valence-corrected chi connectivity index (χ2v) is 7.31. The van der Waals surface area contributed by atoms with E-state index in [0.717, 1.165) is 28.0 Å². The third kappa shape index (κ3) is 3.64. The minimum atomic E-state index is -0.171. The first-order valence-corrected chi connectivity index (χ1v) is 9.47. The third-order valence-electron chi connectivity index (χ3n) is 4.08. The van der Waals surface area contributed by atoms with Gasteiger partial charge in [-0.1, -0.05) is 54.1 Å². The van der Waals surface area contributed by atoms with E-state index in [1.54, 1.807) is 23.5 Å². The van der Waals surface area contributed by atoms with Gasteiger partial charge in [-0.15, -0.1) is 11.3 Å². The Kier molecular flexibility index (Phi) is 4.73. The zero-order valence-corrected chi connectivity index (χ0v) is 15.4. The maximum atomic E-state index is 12.4. The number of aromatic amines is 1. The van der Waals surface area contributed by atoms with Crippen LogP contribution in [0.2, 0.25) is 5.02 Å². The maximum absolute atomic E-state index is 12.4. The summed E-state index contributed by atoms with van der Waals surface area (Å²) in [7, 11) is 0. The second-order valence-electron chi connectivity index (χ2n) is 5.96. The minimum Gasteiger partial charge on any atom is -0.349 e. The fourth-order valence-corrected chi connectivity index (χ4v) is 3.85. The number of aromatic nitrogens is 2.